The number of esters is 1. The molecule has 0 aliphatic rings. The molecule has 0 aliphatic carbocycles. The molecule has 0 unspecified atom stereocenters. The maximum Gasteiger partial charge on any atom is 0.341 e. The highest BCUT2D eigenvalue weighted by molar-refractivity contribution is 9.10. The number of anilines is 2. The first-order valence-electron chi connectivity index (χ1n) is 7.96. The fraction of sp³-hybridized carbons (Fsp3) is 0.211. The number of halogens is 2. The zero-order chi connectivity index (χ0) is 18.0. The SMILES string of the molecule is CCOC(=O)c1cnc2nc(C)ccc2c1Nc1ccc(Br)c(C)c1.Cl. The molecule has 0 aliphatic heterocycles. The fourth-order valence-electron chi connectivity index (χ4n) is 2.54. The summed E-state index contributed by atoms with van der Waals surface area (Å²) in [5, 5.41) is 4.12. The Bertz CT molecular complexity index is 963. The topological polar surface area (TPSA) is 64.1 Å². The minimum atomic E-state index is -0.409. The highest BCUT2D eigenvalue weighted by atomic mass is 79.9. The minimum Gasteiger partial charge on any atom is -0.462 e. The molecule has 2 heterocycles. The van der Waals surface area contributed by atoms with Crippen LogP contribution >= 0.6 is 28.3 Å². The van der Waals surface area contributed by atoms with Crippen molar-refractivity contribution in [1.82, 2.24) is 9.97 Å². The van der Waals surface area contributed by atoms with Gasteiger partial charge in [0.15, 0.2) is 5.65 Å². The van der Waals surface area contributed by atoms with E-state index >= 15 is 0 Å². The van der Waals surface area contributed by atoms with Gasteiger partial charge in [-0.05, 0) is 56.7 Å². The van der Waals surface area contributed by atoms with Crippen LogP contribution in [0.3, 0.4) is 0 Å². The van der Waals surface area contributed by atoms with Crippen LogP contribution in [0.1, 0.15) is 28.5 Å². The van der Waals surface area contributed by atoms with E-state index in [9.17, 15) is 4.79 Å². The molecule has 0 saturated carbocycles. The second kappa shape index (κ2) is 8.47. The first-order chi connectivity index (χ1) is 12.0. The van der Waals surface area contributed by atoms with E-state index in [0.29, 0.717) is 23.5 Å². The summed E-state index contributed by atoms with van der Waals surface area (Å²) in [6, 6.07) is 9.73. The Kier molecular flexibility index (Phi) is 6.56. The molecule has 5 nitrogen and oxygen atoms in total. The molecule has 0 fully saturated rings. The van der Waals surface area contributed by atoms with Crippen LogP contribution < -0.4 is 5.32 Å². The quantitative estimate of drug-likeness (QED) is 0.558. The number of ether oxygens (including phenoxy) is 1. The van der Waals surface area contributed by atoms with Gasteiger partial charge < -0.3 is 10.1 Å². The molecule has 2 aromatic heterocycles. The van der Waals surface area contributed by atoms with Gasteiger partial charge in [-0.25, -0.2) is 14.8 Å². The summed E-state index contributed by atoms with van der Waals surface area (Å²) in [5.74, 6) is -0.409. The number of fused-ring (bicyclic) bond motifs is 1. The Hall–Kier alpha value is -2.18. The first-order valence-corrected chi connectivity index (χ1v) is 8.75. The van der Waals surface area contributed by atoms with Crippen molar-refractivity contribution in [3.63, 3.8) is 0 Å². The van der Waals surface area contributed by atoms with Crippen LogP contribution in [0, 0.1) is 13.8 Å². The molecule has 26 heavy (non-hydrogen) atoms. The molecule has 0 spiro atoms. The Balaban J connectivity index is 0.00000243. The van der Waals surface area contributed by atoms with E-state index < -0.39 is 5.97 Å². The van der Waals surface area contributed by atoms with Gasteiger partial charge in [0.1, 0.15) is 5.56 Å². The predicted molar refractivity (Wildman–Crippen MR) is 110 cm³/mol. The molecule has 136 valence electrons. The lowest BCUT2D eigenvalue weighted by Gasteiger charge is -2.14. The van der Waals surface area contributed by atoms with Gasteiger partial charge in [-0.1, -0.05) is 15.9 Å². The number of hydrogen-bond acceptors (Lipinski definition) is 5. The molecule has 0 saturated heterocycles. The van der Waals surface area contributed by atoms with Crippen molar-refractivity contribution >= 4 is 56.7 Å². The normalized spacial score (nSPS) is 10.3. The molecule has 1 aromatic carbocycles. The summed E-state index contributed by atoms with van der Waals surface area (Å²) >= 11 is 3.50. The maximum absolute atomic E-state index is 12.4. The lowest BCUT2D eigenvalue weighted by Crippen LogP contribution is -2.09. The van der Waals surface area contributed by atoms with Crippen molar-refractivity contribution in [2.45, 2.75) is 20.8 Å². The number of nitrogens with zero attached hydrogens (tertiary/aromatic N) is 2. The molecule has 0 bridgehead atoms. The van der Waals surface area contributed by atoms with E-state index in [1.54, 1.807) is 6.92 Å². The lowest BCUT2D eigenvalue weighted by molar-refractivity contribution is 0.0527. The summed E-state index contributed by atoms with van der Waals surface area (Å²) in [6.07, 6.45) is 1.51. The number of aromatic nitrogens is 2. The van der Waals surface area contributed by atoms with Crippen LogP contribution in [0.2, 0.25) is 0 Å². The van der Waals surface area contributed by atoms with E-state index in [-0.39, 0.29) is 12.4 Å². The third-order valence-electron chi connectivity index (χ3n) is 3.79. The van der Waals surface area contributed by atoms with Crippen molar-refractivity contribution in [2.24, 2.45) is 0 Å². The van der Waals surface area contributed by atoms with Gasteiger partial charge >= 0.3 is 5.97 Å². The largest absolute Gasteiger partial charge is 0.462 e. The monoisotopic (exact) mass is 435 g/mol. The highest BCUT2D eigenvalue weighted by Crippen LogP contribution is 2.30. The van der Waals surface area contributed by atoms with Gasteiger partial charge in [-0.3, -0.25) is 0 Å². The van der Waals surface area contributed by atoms with Gasteiger partial charge in [0.25, 0.3) is 0 Å². The van der Waals surface area contributed by atoms with Gasteiger partial charge in [-0.2, -0.15) is 0 Å². The second-order valence-corrected chi connectivity index (χ2v) is 6.53. The molecular weight excluding hydrogens is 418 g/mol. The number of aryl methyl sites for hydroxylation is 2. The van der Waals surface area contributed by atoms with Gasteiger partial charge in [0.05, 0.1) is 12.3 Å². The zero-order valence-electron chi connectivity index (χ0n) is 14.7. The molecular formula is C19H19BrClN3O2. The second-order valence-electron chi connectivity index (χ2n) is 5.68. The molecule has 3 rings (SSSR count). The lowest BCUT2D eigenvalue weighted by atomic mass is 10.1. The number of carbonyl (C=O) groups is 1. The van der Waals surface area contributed by atoms with Crippen molar-refractivity contribution in [2.75, 3.05) is 11.9 Å². The summed E-state index contributed by atoms with van der Waals surface area (Å²) in [4.78, 5) is 21.1. The van der Waals surface area contributed by atoms with Gasteiger partial charge in [0, 0.05) is 27.4 Å². The zero-order valence-corrected chi connectivity index (χ0v) is 17.1. The van der Waals surface area contributed by atoms with Crippen molar-refractivity contribution in [1.29, 1.82) is 0 Å². The predicted octanol–water partition coefficient (Wildman–Crippen LogP) is 5.35. The van der Waals surface area contributed by atoms with Crippen LogP contribution in [0.4, 0.5) is 11.4 Å². The van der Waals surface area contributed by atoms with Crippen LogP contribution in [-0.4, -0.2) is 22.5 Å². The summed E-state index contributed by atoms with van der Waals surface area (Å²) < 4.78 is 6.20. The Morgan fingerprint density at radius 1 is 1.23 bits per heavy atom. The van der Waals surface area contributed by atoms with E-state index in [1.165, 1.54) is 6.20 Å². The molecule has 1 N–H and O–H groups in total. The van der Waals surface area contributed by atoms with E-state index in [2.05, 4.69) is 31.2 Å². The van der Waals surface area contributed by atoms with Crippen LogP contribution in [0.5, 0.6) is 0 Å². The van der Waals surface area contributed by atoms with E-state index in [4.69, 9.17) is 4.74 Å². The van der Waals surface area contributed by atoms with Crippen molar-refractivity contribution < 1.29 is 9.53 Å². The average molecular weight is 437 g/mol. The molecule has 0 radical (unpaired) electrons. The highest BCUT2D eigenvalue weighted by Gasteiger charge is 2.17. The van der Waals surface area contributed by atoms with Crippen molar-refractivity contribution in [3.8, 4) is 0 Å². The maximum atomic E-state index is 12.4. The van der Waals surface area contributed by atoms with E-state index in [1.807, 2.05) is 44.2 Å². The van der Waals surface area contributed by atoms with Crippen LogP contribution in [0.25, 0.3) is 11.0 Å². The number of hydrogen-bond donors (Lipinski definition) is 1. The first kappa shape index (κ1) is 20.1. The third kappa shape index (κ3) is 4.14. The molecule has 3 aromatic rings. The van der Waals surface area contributed by atoms with Crippen molar-refractivity contribution in [3.05, 3.63) is 57.8 Å². The number of benzene rings is 1. The fourth-order valence-corrected chi connectivity index (χ4v) is 2.78. The smallest absolute Gasteiger partial charge is 0.341 e. The molecule has 0 atom stereocenters. The third-order valence-corrected chi connectivity index (χ3v) is 4.68. The summed E-state index contributed by atoms with van der Waals surface area (Å²) in [7, 11) is 0. The Morgan fingerprint density at radius 2 is 2.00 bits per heavy atom. The number of carbonyl (C=O) groups excluding carboxylic acids is 1. The summed E-state index contributed by atoms with van der Waals surface area (Å²) in [6.45, 7) is 6.00. The Morgan fingerprint density at radius 3 is 2.69 bits per heavy atom. The molecule has 0 amide bonds. The van der Waals surface area contributed by atoms with Gasteiger partial charge in [-0.15, -0.1) is 12.4 Å². The number of pyridine rings is 2. The summed E-state index contributed by atoms with van der Waals surface area (Å²) in [5.41, 5.74) is 4.46. The average Bonchev–Trinajstić information content (AvgIpc) is 2.58. The molecule has 7 heteroatoms. The number of rotatable bonds is 4. The Labute approximate surface area is 166 Å². The van der Waals surface area contributed by atoms with Crippen LogP contribution in [0.15, 0.2) is 41.0 Å². The standard InChI is InChI=1S/C19H18BrN3O2.ClH/c1-4-25-19(24)15-10-21-18-14(7-5-12(3)22-18)17(15)23-13-6-8-16(20)11(2)9-13;/h5-10H,4H2,1-3H3,(H,21,22,23);1H. The minimum absolute atomic E-state index is 0. The van der Waals surface area contributed by atoms with E-state index in [0.717, 1.165) is 26.8 Å². The van der Waals surface area contributed by atoms with Gasteiger partial charge in [0.2, 0.25) is 0 Å². The number of nitrogens with one attached hydrogen (secondary N) is 1. The van der Waals surface area contributed by atoms with Crippen LogP contribution in [-0.2, 0) is 4.74 Å².